The largest absolute Gasteiger partial charge is 0.481 e. The van der Waals surface area contributed by atoms with E-state index in [1.54, 1.807) is 0 Å². The molecule has 0 aromatic heterocycles. The van der Waals surface area contributed by atoms with Gasteiger partial charge in [-0.3, -0.25) is 9.59 Å². The molecule has 0 saturated carbocycles. The van der Waals surface area contributed by atoms with Crippen molar-refractivity contribution in [3.63, 3.8) is 0 Å². The van der Waals surface area contributed by atoms with Crippen molar-refractivity contribution in [2.45, 2.75) is 45.4 Å². The first-order valence-electron chi connectivity index (χ1n) is 6.42. The molecule has 0 aliphatic rings. The minimum atomic E-state index is -0.744. The van der Waals surface area contributed by atoms with E-state index in [0.717, 1.165) is 30.4 Å². The van der Waals surface area contributed by atoms with E-state index in [0.29, 0.717) is 12.8 Å². The third kappa shape index (κ3) is 5.13. The summed E-state index contributed by atoms with van der Waals surface area (Å²) >= 11 is 0. The minimum absolute atomic E-state index is 0.186. The lowest BCUT2D eigenvalue weighted by Gasteiger charge is -2.04. The summed E-state index contributed by atoms with van der Waals surface area (Å²) in [6.07, 6.45) is 4.13. The quantitative estimate of drug-likeness (QED) is 0.565. The second-order valence-corrected chi connectivity index (χ2v) is 4.55. The van der Waals surface area contributed by atoms with Crippen molar-refractivity contribution in [1.29, 1.82) is 0 Å². The van der Waals surface area contributed by atoms with Crippen LogP contribution < -0.4 is 0 Å². The summed E-state index contributed by atoms with van der Waals surface area (Å²) in [5.74, 6) is -0.558. The number of hydrogen-bond acceptors (Lipinski definition) is 2. The highest BCUT2D eigenvalue weighted by Gasteiger charge is 2.07. The van der Waals surface area contributed by atoms with Crippen molar-refractivity contribution in [1.82, 2.24) is 0 Å². The third-order valence-electron chi connectivity index (χ3n) is 2.99. The van der Waals surface area contributed by atoms with E-state index in [4.69, 9.17) is 5.11 Å². The summed E-state index contributed by atoms with van der Waals surface area (Å²) in [6, 6.07) is 7.62. The minimum Gasteiger partial charge on any atom is -0.481 e. The van der Waals surface area contributed by atoms with Gasteiger partial charge in [-0.1, -0.05) is 37.1 Å². The van der Waals surface area contributed by atoms with Crippen LogP contribution in [0.15, 0.2) is 24.3 Å². The van der Waals surface area contributed by atoms with Crippen LogP contribution >= 0.6 is 0 Å². The Morgan fingerprint density at radius 1 is 1.00 bits per heavy atom. The first-order valence-corrected chi connectivity index (χ1v) is 6.42. The van der Waals surface area contributed by atoms with Crippen molar-refractivity contribution >= 4 is 11.8 Å². The second-order valence-electron chi connectivity index (χ2n) is 4.55. The predicted octanol–water partition coefficient (Wildman–Crippen LogP) is 3.60. The first kappa shape index (κ1) is 14.4. The van der Waals surface area contributed by atoms with Crippen LogP contribution in [-0.4, -0.2) is 16.9 Å². The summed E-state index contributed by atoms with van der Waals surface area (Å²) in [4.78, 5) is 22.2. The molecule has 0 unspecified atom stereocenters. The molecule has 3 nitrogen and oxygen atoms in total. The number of ketones is 1. The number of aryl methyl sites for hydroxylation is 1. The molecule has 0 amide bonds. The van der Waals surface area contributed by atoms with Gasteiger partial charge in [-0.2, -0.15) is 0 Å². The van der Waals surface area contributed by atoms with E-state index < -0.39 is 5.97 Å². The fourth-order valence-corrected chi connectivity index (χ4v) is 1.94. The zero-order valence-corrected chi connectivity index (χ0v) is 10.8. The van der Waals surface area contributed by atoms with E-state index in [1.165, 1.54) is 0 Å². The fourth-order valence-electron chi connectivity index (χ4n) is 1.94. The molecule has 18 heavy (non-hydrogen) atoms. The van der Waals surface area contributed by atoms with Gasteiger partial charge in [0.2, 0.25) is 0 Å². The highest BCUT2D eigenvalue weighted by atomic mass is 16.4. The van der Waals surface area contributed by atoms with E-state index in [1.807, 2.05) is 31.2 Å². The Hall–Kier alpha value is -1.64. The van der Waals surface area contributed by atoms with Crippen LogP contribution in [0, 0.1) is 6.92 Å². The van der Waals surface area contributed by atoms with Gasteiger partial charge in [0.25, 0.3) is 0 Å². The smallest absolute Gasteiger partial charge is 0.303 e. The van der Waals surface area contributed by atoms with Gasteiger partial charge in [0.05, 0.1) is 0 Å². The maximum Gasteiger partial charge on any atom is 0.303 e. The predicted molar refractivity (Wildman–Crippen MR) is 70.8 cm³/mol. The Kier molecular flexibility index (Phi) is 6.12. The molecule has 3 heteroatoms. The topological polar surface area (TPSA) is 54.4 Å². The SMILES string of the molecule is Cc1ccccc1C(=O)CCCCCCC(=O)O. The number of Topliss-reactive ketones (excluding diaryl/α,β-unsaturated/α-hetero) is 1. The van der Waals surface area contributed by atoms with Crippen molar-refractivity contribution in [2.24, 2.45) is 0 Å². The Morgan fingerprint density at radius 2 is 1.61 bits per heavy atom. The molecule has 0 radical (unpaired) electrons. The van der Waals surface area contributed by atoms with E-state index in [9.17, 15) is 9.59 Å². The van der Waals surface area contributed by atoms with Gasteiger partial charge >= 0.3 is 5.97 Å². The molecule has 0 spiro atoms. The van der Waals surface area contributed by atoms with Gasteiger partial charge in [-0.15, -0.1) is 0 Å². The molecule has 98 valence electrons. The lowest BCUT2D eigenvalue weighted by Crippen LogP contribution is -2.01. The molecular weight excluding hydrogens is 228 g/mol. The van der Waals surface area contributed by atoms with Crippen LogP contribution in [0.5, 0.6) is 0 Å². The molecule has 0 aliphatic heterocycles. The summed E-state index contributed by atoms with van der Waals surface area (Å²) < 4.78 is 0. The maximum absolute atomic E-state index is 11.9. The molecule has 0 fully saturated rings. The second kappa shape index (κ2) is 7.64. The van der Waals surface area contributed by atoms with Crippen LogP contribution in [0.4, 0.5) is 0 Å². The molecule has 1 aromatic rings. The van der Waals surface area contributed by atoms with Crippen LogP contribution in [0.2, 0.25) is 0 Å². The molecule has 1 rings (SSSR count). The number of carbonyl (C=O) groups excluding carboxylic acids is 1. The lowest BCUT2D eigenvalue weighted by molar-refractivity contribution is -0.137. The summed E-state index contributed by atoms with van der Waals surface area (Å²) in [6.45, 7) is 1.94. The Bertz CT molecular complexity index is 410. The lowest BCUT2D eigenvalue weighted by atomic mass is 10.00. The van der Waals surface area contributed by atoms with Gasteiger partial charge in [-0.25, -0.2) is 0 Å². The highest BCUT2D eigenvalue weighted by Crippen LogP contribution is 2.13. The molecule has 0 saturated heterocycles. The monoisotopic (exact) mass is 248 g/mol. The number of benzene rings is 1. The fraction of sp³-hybridized carbons (Fsp3) is 0.467. The van der Waals surface area contributed by atoms with E-state index in [-0.39, 0.29) is 12.2 Å². The summed E-state index contributed by atoms with van der Waals surface area (Å²) in [5.41, 5.74) is 1.83. The molecular formula is C15H20O3. The molecule has 0 aliphatic carbocycles. The summed E-state index contributed by atoms with van der Waals surface area (Å²) in [5, 5.41) is 8.48. The zero-order valence-electron chi connectivity index (χ0n) is 10.8. The third-order valence-corrected chi connectivity index (χ3v) is 2.99. The van der Waals surface area contributed by atoms with Gasteiger partial charge < -0.3 is 5.11 Å². The van der Waals surface area contributed by atoms with Crippen LogP contribution in [0.1, 0.15) is 54.4 Å². The zero-order chi connectivity index (χ0) is 13.4. The number of carboxylic acids is 1. The van der Waals surface area contributed by atoms with Crippen molar-refractivity contribution in [3.05, 3.63) is 35.4 Å². The number of unbranched alkanes of at least 4 members (excludes halogenated alkanes) is 3. The maximum atomic E-state index is 11.9. The van der Waals surface area contributed by atoms with Gasteiger partial charge in [-0.05, 0) is 25.3 Å². The number of rotatable bonds is 8. The average molecular weight is 248 g/mol. The highest BCUT2D eigenvalue weighted by molar-refractivity contribution is 5.97. The van der Waals surface area contributed by atoms with Crippen LogP contribution in [0.3, 0.4) is 0 Å². The Balaban J connectivity index is 2.22. The molecule has 1 N–H and O–H groups in total. The number of carboxylic acid groups (broad SMARTS) is 1. The van der Waals surface area contributed by atoms with Crippen LogP contribution in [0.25, 0.3) is 0 Å². The van der Waals surface area contributed by atoms with E-state index >= 15 is 0 Å². The van der Waals surface area contributed by atoms with Gasteiger partial charge in [0.15, 0.2) is 5.78 Å². The van der Waals surface area contributed by atoms with Gasteiger partial charge in [0.1, 0.15) is 0 Å². The molecule has 0 heterocycles. The van der Waals surface area contributed by atoms with Gasteiger partial charge in [0, 0.05) is 18.4 Å². The normalized spacial score (nSPS) is 10.3. The molecule has 1 aromatic carbocycles. The average Bonchev–Trinajstić information content (AvgIpc) is 2.33. The van der Waals surface area contributed by atoms with E-state index in [2.05, 4.69) is 0 Å². The number of hydrogen-bond donors (Lipinski definition) is 1. The standard InChI is InChI=1S/C15H20O3/c1-12-8-6-7-9-13(12)14(16)10-4-2-3-5-11-15(17)18/h6-9H,2-5,10-11H2,1H3,(H,17,18). The van der Waals surface area contributed by atoms with Crippen molar-refractivity contribution in [2.75, 3.05) is 0 Å². The summed E-state index contributed by atoms with van der Waals surface area (Å²) in [7, 11) is 0. The molecule has 0 bridgehead atoms. The number of aliphatic carboxylic acids is 1. The first-order chi connectivity index (χ1) is 8.61. The Labute approximate surface area is 108 Å². The van der Waals surface area contributed by atoms with Crippen LogP contribution in [-0.2, 0) is 4.79 Å². The number of carbonyl (C=O) groups is 2. The van der Waals surface area contributed by atoms with Crippen molar-refractivity contribution < 1.29 is 14.7 Å². The molecule has 0 atom stereocenters. The van der Waals surface area contributed by atoms with Crippen molar-refractivity contribution in [3.8, 4) is 0 Å². The Morgan fingerprint density at radius 3 is 2.22 bits per heavy atom.